The fraction of sp³-hybridized carbons (Fsp3) is 0.286. The number of nitrogens with one attached hydrogen (secondary N) is 2. The number of pyridine rings is 1. The SMILES string of the molecule is CCON=C(C(=O)NC1C(=O)N2C(C(=O)O)=C(C[n+]3cccc(NC(=O)C=O)c3)CS[C@@H]12)c1nsc(N)n1. The van der Waals surface area contributed by atoms with E-state index in [1.165, 1.54) is 18.0 Å². The van der Waals surface area contributed by atoms with Gasteiger partial charge in [0.05, 0.1) is 0 Å². The minimum absolute atomic E-state index is 0.0598. The molecule has 2 aliphatic heterocycles. The quantitative estimate of drug-likeness (QED) is 0.0670. The van der Waals surface area contributed by atoms with Gasteiger partial charge >= 0.3 is 5.97 Å². The van der Waals surface area contributed by atoms with Crippen LogP contribution in [0.2, 0.25) is 0 Å². The highest BCUT2D eigenvalue weighted by Gasteiger charge is 2.54. The number of fused-ring (bicyclic) bond motifs is 1. The van der Waals surface area contributed by atoms with Crippen LogP contribution in [0, 0.1) is 0 Å². The normalized spacial score (nSPS) is 18.8. The molecule has 0 spiro atoms. The van der Waals surface area contributed by atoms with E-state index < -0.39 is 35.1 Å². The van der Waals surface area contributed by atoms with Crippen LogP contribution < -0.4 is 20.9 Å². The number of aldehydes is 1. The number of hydrogen-bond donors (Lipinski definition) is 4. The van der Waals surface area contributed by atoms with E-state index in [2.05, 4.69) is 25.1 Å². The summed E-state index contributed by atoms with van der Waals surface area (Å²) in [5.74, 6) is -3.31. The Kier molecular flexibility index (Phi) is 7.96. The molecule has 3 amide bonds. The molecular formula is C21H21N8O7S2+. The van der Waals surface area contributed by atoms with Crippen LogP contribution in [0.4, 0.5) is 10.8 Å². The summed E-state index contributed by atoms with van der Waals surface area (Å²) in [6.45, 7) is 1.95. The zero-order chi connectivity index (χ0) is 27.4. The van der Waals surface area contributed by atoms with Crippen LogP contribution in [0.25, 0.3) is 0 Å². The van der Waals surface area contributed by atoms with Gasteiger partial charge in [0.15, 0.2) is 24.1 Å². The fourth-order valence-corrected chi connectivity index (χ4v) is 5.51. The fourth-order valence-electron chi connectivity index (χ4n) is 3.75. The molecule has 198 valence electrons. The summed E-state index contributed by atoms with van der Waals surface area (Å²) in [7, 11) is 0. The number of carbonyl (C=O) groups is 5. The van der Waals surface area contributed by atoms with Crippen LogP contribution in [0.1, 0.15) is 12.7 Å². The van der Waals surface area contributed by atoms with E-state index in [4.69, 9.17) is 10.6 Å². The number of anilines is 2. The molecule has 1 saturated heterocycles. The Morgan fingerprint density at radius 3 is 2.87 bits per heavy atom. The van der Waals surface area contributed by atoms with Crippen molar-refractivity contribution < 1.29 is 38.5 Å². The molecule has 0 radical (unpaired) electrons. The summed E-state index contributed by atoms with van der Waals surface area (Å²) in [5, 5.41) is 18.1. The minimum Gasteiger partial charge on any atom is -0.477 e. The summed E-state index contributed by atoms with van der Waals surface area (Å²) in [5.41, 5.74) is 5.94. The predicted molar refractivity (Wildman–Crippen MR) is 133 cm³/mol. The molecule has 0 aliphatic carbocycles. The number of rotatable bonds is 10. The number of carboxylic acid groups (broad SMARTS) is 1. The average molecular weight is 562 g/mol. The number of nitrogens with zero attached hydrogens (tertiary/aromatic N) is 5. The maximum Gasteiger partial charge on any atom is 0.352 e. The minimum atomic E-state index is -1.30. The maximum absolute atomic E-state index is 13.0. The van der Waals surface area contributed by atoms with Gasteiger partial charge in [-0.25, -0.2) is 4.79 Å². The Hall–Kier alpha value is -4.38. The van der Waals surface area contributed by atoms with Gasteiger partial charge in [-0.2, -0.15) is 13.9 Å². The molecule has 2 aliphatic rings. The molecule has 0 bridgehead atoms. The largest absolute Gasteiger partial charge is 0.477 e. The summed E-state index contributed by atoms with van der Waals surface area (Å²) in [6.07, 6.45) is 3.32. The third-order valence-corrected chi connectivity index (χ3v) is 7.18. The molecule has 2 aromatic rings. The lowest BCUT2D eigenvalue weighted by atomic mass is 10.0. The molecule has 1 unspecified atom stereocenters. The summed E-state index contributed by atoms with van der Waals surface area (Å²) >= 11 is 2.14. The lowest BCUT2D eigenvalue weighted by Gasteiger charge is -2.49. The molecule has 38 heavy (non-hydrogen) atoms. The van der Waals surface area contributed by atoms with Crippen molar-refractivity contribution in [2.75, 3.05) is 23.4 Å². The Labute approximate surface area is 222 Å². The number of oxime groups is 1. The lowest BCUT2D eigenvalue weighted by molar-refractivity contribution is -0.688. The first kappa shape index (κ1) is 26.7. The van der Waals surface area contributed by atoms with Crippen LogP contribution in [0.15, 0.2) is 41.0 Å². The van der Waals surface area contributed by atoms with Crippen molar-refractivity contribution in [3.05, 3.63) is 41.6 Å². The Balaban J connectivity index is 1.52. The van der Waals surface area contributed by atoms with Gasteiger partial charge in [0.2, 0.25) is 17.8 Å². The maximum atomic E-state index is 13.0. The number of amides is 3. The molecule has 4 heterocycles. The van der Waals surface area contributed by atoms with Crippen molar-refractivity contribution in [3.63, 3.8) is 0 Å². The molecule has 2 atom stereocenters. The van der Waals surface area contributed by atoms with Gasteiger partial charge in [-0.3, -0.25) is 24.1 Å². The van der Waals surface area contributed by atoms with E-state index in [1.54, 1.807) is 29.8 Å². The van der Waals surface area contributed by atoms with Crippen LogP contribution in [-0.2, 0) is 35.4 Å². The molecule has 4 rings (SSSR count). The lowest BCUT2D eigenvalue weighted by Crippen LogP contribution is -2.71. The first-order chi connectivity index (χ1) is 18.2. The first-order valence-corrected chi connectivity index (χ1v) is 12.8. The highest BCUT2D eigenvalue weighted by Crippen LogP contribution is 2.40. The first-order valence-electron chi connectivity index (χ1n) is 11.0. The predicted octanol–water partition coefficient (Wildman–Crippen LogP) is -1.28. The average Bonchev–Trinajstić information content (AvgIpc) is 3.32. The number of carboxylic acids is 1. The smallest absolute Gasteiger partial charge is 0.352 e. The third kappa shape index (κ3) is 5.47. The highest BCUT2D eigenvalue weighted by atomic mass is 32.2. The summed E-state index contributed by atoms with van der Waals surface area (Å²) in [4.78, 5) is 70.1. The number of thioether (sulfide) groups is 1. The van der Waals surface area contributed by atoms with Gasteiger partial charge in [-0.05, 0) is 13.0 Å². The number of aliphatic carboxylic acids is 1. The Morgan fingerprint density at radius 2 is 2.21 bits per heavy atom. The van der Waals surface area contributed by atoms with Crippen molar-refractivity contribution in [1.82, 2.24) is 19.6 Å². The number of hydrogen-bond acceptors (Lipinski definition) is 12. The number of nitrogen functional groups attached to an aromatic ring is 1. The summed E-state index contributed by atoms with van der Waals surface area (Å²) in [6, 6.07) is 2.17. The Bertz CT molecular complexity index is 1370. The van der Waals surface area contributed by atoms with E-state index in [1.807, 2.05) is 0 Å². The molecule has 2 aromatic heterocycles. The molecule has 0 aromatic carbocycles. The Morgan fingerprint density at radius 1 is 1.42 bits per heavy atom. The van der Waals surface area contributed by atoms with E-state index in [0.717, 1.165) is 16.4 Å². The van der Waals surface area contributed by atoms with Crippen molar-refractivity contribution in [1.29, 1.82) is 0 Å². The number of nitrogens with two attached hydrogens (primary N) is 1. The van der Waals surface area contributed by atoms with Crippen LogP contribution >= 0.6 is 23.3 Å². The van der Waals surface area contributed by atoms with Gasteiger partial charge in [0, 0.05) is 28.9 Å². The van der Waals surface area contributed by atoms with Gasteiger partial charge in [-0.1, -0.05) is 5.16 Å². The summed E-state index contributed by atoms with van der Waals surface area (Å²) < 4.78 is 5.58. The highest BCUT2D eigenvalue weighted by molar-refractivity contribution is 8.00. The molecule has 17 heteroatoms. The molecule has 1 fully saturated rings. The second-order valence-electron chi connectivity index (χ2n) is 7.80. The van der Waals surface area contributed by atoms with Crippen LogP contribution in [0.5, 0.6) is 0 Å². The van der Waals surface area contributed by atoms with E-state index in [9.17, 15) is 29.1 Å². The van der Waals surface area contributed by atoms with Crippen molar-refractivity contribution in [2.45, 2.75) is 24.9 Å². The van der Waals surface area contributed by atoms with Crippen molar-refractivity contribution >= 4 is 69.8 Å². The van der Waals surface area contributed by atoms with Crippen molar-refractivity contribution in [3.8, 4) is 0 Å². The topological polar surface area (TPSA) is 210 Å². The third-order valence-electron chi connectivity index (χ3n) is 5.30. The van der Waals surface area contributed by atoms with E-state index in [0.29, 0.717) is 11.3 Å². The number of carbonyl (C=O) groups excluding carboxylic acids is 4. The van der Waals surface area contributed by atoms with E-state index in [-0.39, 0.29) is 47.6 Å². The molecule has 0 saturated carbocycles. The molecule has 15 nitrogen and oxygen atoms in total. The number of β-lactam (4-membered cyclic amide) rings is 1. The zero-order valence-electron chi connectivity index (χ0n) is 19.7. The second-order valence-corrected chi connectivity index (χ2v) is 9.69. The zero-order valence-corrected chi connectivity index (χ0v) is 21.3. The van der Waals surface area contributed by atoms with Gasteiger partial charge in [0.25, 0.3) is 17.7 Å². The van der Waals surface area contributed by atoms with Crippen LogP contribution in [0.3, 0.4) is 0 Å². The molecule has 5 N–H and O–H groups in total. The monoisotopic (exact) mass is 561 g/mol. The van der Waals surface area contributed by atoms with Gasteiger partial charge in [-0.15, -0.1) is 11.8 Å². The van der Waals surface area contributed by atoms with E-state index >= 15 is 0 Å². The van der Waals surface area contributed by atoms with Gasteiger partial charge in [0.1, 0.15) is 29.4 Å². The van der Waals surface area contributed by atoms with Crippen LogP contribution in [-0.4, -0.2) is 78.8 Å². The molecular weight excluding hydrogens is 540 g/mol. The second kappa shape index (κ2) is 11.3. The van der Waals surface area contributed by atoms with Gasteiger partial charge < -0.3 is 26.3 Å². The van der Waals surface area contributed by atoms with Crippen molar-refractivity contribution in [2.24, 2.45) is 5.16 Å². The number of aromatic nitrogens is 3. The standard InChI is InChI=1S/C21H20N8O7S2/c1-2-36-26-13(16-25-21(22)38-27-16)17(32)24-14-18(33)29-15(20(34)35)10(9-37-19(14)29)6-28-5-3-4-11(7-28)23-12(31)8-30/h3-5,7-8,14,19H,2,6,9H2,1H3,(H4-,22,23,24,25,27,31,32,34,35)/p+1/t14?,19-/m0/s1.